The van der Waals surface area contributed by atoms with Crippen LogP contribution in [0.15, 0.2) is 170 Å². The number of carbonyl (C=O) groups excluding carboxylic acids is 2. The quantitative estimate of drug-likeness (QED) is 0.0897. The van der Waals surface area contributed by atoms with E-state index in [1.165, 1.54) is 0 Å². The molecule has 2 saturated heterocycles. The van der Waals surface area contributed by atoms with Crippen molar-refractivity contribution in [1.29, 1.82) is 0 Å². The van der Waals surface area contributed by atoms with Gasteiger partial charge in [0.15, 0.2) is 23.7 Å². The first-order valence-electron chi connectivity index (χ1n) is 20.8. The lowest BCUT2D eigenvalue weighted by Gasteiger charge is -2.26. The van der Waals surface area contributed by atoms with Crippen LogP contribution >= 0.6 is 0 Å². The van der Waals surface area contributed by atoms with Gasteiger partial charge in [0.05, 0.1) is 44.8 Å². The summed E-state index contributed by atoms with van der Waals surface area (Å²) in [6.45, 7) is 0.433. The number of nitrogens with zero attached hydrogens (tertiary/aromatic N) is 8. The van der Waals surface area contributed by atoms with Crippen LogP contribution in [0.5, 0.6) is 0 Å². The first-order valence-corrected chi connectivity index (χ1v) is 20.8. The third kappa shape index (κ3) is 6.64. The van der Waals surface area contributed by atoms with E-state index in [2.05, 4.69) is 51.2 Å². The van der Waals surface area contributed by atoms with Gasteiger partial charge in [-0.25, -0.2) is 9.97 Å². The van der Waals surface area contributed by atoms with E-state index < -0.39 is 23.7 Å². The minimum Gasteiger partial charge on any atom is -0.324 e. The average molecular weight is 845 g/mol. The van der Waals surface area contributed by atoms with Gasteiger partial charge in [0.2, 0.25) is 11.9 Å². The summed E-state index contributed by atoms with van der Waals surface area (Å²) in [5.74, 6) is 0.506. The van der Waals surface area contributed by atoms with Crippen molar-refractivity contribution in [3.8, 4) is 0 Å². The van der Waals surface area contributed by atoms with Crippen molar-refractivity contribution in [1.82, 2.24) is 60.3 Å². The Bertz CT molecular complexity index is 2740. The molecular formula is C48H40N14O2. The number of nitrogens with one attached hydrogen (secondary N) is 6. The number of H-pyrrole nitrogens is 2. The molecule has 0 saturated carbocycles. The summed E-state index contributed by atoms with van der Waals surface area (Å²) in [5, 5.41) is 14.1. The fourth-order valence-corrected chi connectivity index (χ4v) is 8.69. The van der Waals surface area contributed by atoms with E-state index in [0.717, 1.165) is 33.2 Å². The Balaban J connectivity index is 0.924. The standard InChI is InChI=1S/C48H40N14O2/c63-41-47(37-17-5-9-25-49-37,38-18-6-10-26-50-38)59-45(57-43-53-33-13-1-2-14-34(33)54-43)61(41)29-31-21-23-32(24-22-31)30-62-42(64)48(39-19-7-11-27-51-39,40-20-8-12-28-52-40)60-46(62)58-44-55-35-15-3-4-16-36(35)56-44/h1-28,45-46,59-60H,29-30H2,(H2,53,54,57)(H2,55,56,58). The lowest BCUT2D eigenvalue weighted by molar-refractivity contribution is -0.133. The molecule has 16 nitrogen and oxygen atoms in total. The molecule has 2 aliphatic heterocycles. The number of benzene rings is 3. The van der Waals surface area contributed by atoms with Crippen LogP contribution in [0.2, 0.25) is 0 Å². The minimum atomic E-state index is -1.41. The van der Waals surface area contributed by atoms with Crippen molar-refractivity contribution >= 4 is 45.8 Å². The van der Waals surface area contributed by atoms with Crippen LogP contribution in [0.1, 0.15) is 33.9 Å². The van der Waals surface area contributed by atoms with Crippen molar-refractivity contribution in [3.63, 3.8) is 0 Å². The predicted molar refractivity (Wildman–Crippen MR) is 239 cm³/mol. The molecule has 0 spiro atoms. The Morgan fingerprint density at radius 3 is 1.12 bits per heavy atom. The Kier molecular flexibility index (Phi) is 9.55. The van der Waals surface area contributed by atoms with Crippen molar-refractivity contribution in [3.05, 3.63) is 204 Å². The normalized spacial score (nSPS) is 17.9. The number of aromatic nitrogens is 8. The molecule has 8 heterocycles. The van der Waals surface area contributed by atoms with Crippen LogP contribution in [-0.4, -0.2) is 74.1 Å². The second kappa shape index (κ2) is 15.8. The molecule has 64 heavy (non-hydrogen) atoms. The number of rotatable bonds is 12. The molecule has 2 aliphatic rings. The van der Waals surface area contributed by atoms with Gasteiger partial charge in [0, 0.05) is 37.9 Å². The first-order chi connectivity index (χ1) is 31.5. The first kappa shape index (κ1) is 38.6. The van der Waals surface area contributed by atoms with E-state index in [0.29, 0.717) is 34.7 Å². The van der Waals surface area contributed by atoms with Crippen molar-refractivity contribution in [2.45, 2.75) is 36.7 Å². The van der Waals surface area contributed by atoms with Gasteiger partial charge in [-0.2, -0.15) is 0 Å². The minimum absolute atomic E-state index is 0.217. The zero-order valence-electron chi connectivity index (χ0n) is 34.1. The third-order valence-corrected chi connectivity index (χ3v) is 11.7. The number of pyridine rings is 4. The molecule has 0 radical (unpaired) electrons. The smallest absolute Gasteiger partial charge is 0.258 e. The van der Waals surface area contributed by atoms with E-state index >= 15 is 9.59 Å². The fraction of sp³-hybridized carbons (Fsp3) is 0.125. The molecular weight excluding hydrogens is 805 g/mol. The number of hydrogen-bond donors (Lipinski definition) is 6. The zero-order chi connectivity index (χ0) is 43.1. The molecule has 3 aromatic carbocycles. The summed E-state index contributed by atoms with van der Waals surface area (Å²) in [4.78, 5) is 68.6. The zero-order valence-corrected chi connectivity index (χ0v) is 34.1. The van der Waals surface area contributed by atoms with Gasteiger partial charge < -0.3 is 30.4 Å². The van der Waals surface area contributed by atoms with Gasteiger partial charge >= 0.3 is 0 Å². The monoisotopic (exact) mass is 844 g/mol. The van der Waals surface area contributed by atoms with Crippen molar-refractivity contribution < 1.29 is 9.59 Å². The Labute approximate surface area is 366 Å². The maximum Gasteiger partial charge on any atom is 0.258 e. The Hall–Kier alpha value is -8.34. The molecule has 16 heteroatoms. The van der Waals surface area contributed by atoms with E-state index in [1.807, 2.05) is 146 Å². The highest BCUT2D eigenvalue weighted by molar-refractivity contribution is 5.94. The van der Waals surface area contributed by atoms with Gasteiger partial charge in [0.25, 0.3) is 11.8 Å². The second-order valence-corrected chi connectivity index (χ2v) is 15.6. The third-order valence-electron chi connectivity index (χ3n) is 11.7. The molecule has 0 aliphatic carbocycles. The number of hydrogen-bond acceptors (Lipinski definition) is 12. The van der Waals surface area contributed by atoms with E-state index in [4.69, 9.17) is 9.97 Å². The molecule has 2 atom stereocenters. The highest BCUT2D eigenvalue weighted by Crippen LogP contribution is 2.38. The molecule has 6 N–H and O–H groups in total. The summed E-state index contributed by atoms with van der Waals surface area (Å²) in [6, 6.07) is 45.4. The molecule has 6 aromatic heterocycles. The molecule has 0 bridgehead atoms. The fourth-order valence-electron chi connectivity index (χ4n) is 8.69. The summed E-state index contributed by atoms with van der Waals surface area (Å²) in [5.41, 5.74) is 4.21. The second-order valence-electron chi connectivity index (χ2n) is 15.6. The highest BCUT2D eigenvalue weighted by Gasteiger charge is 2.57. The molecule has 2 unspecified atom stereocenters. The predicted octanol–water partition coefficient (Wildman–Crippen LogP) is 5.56. The average Bonchev–Trinajstić information content (AvgIpc) is 4.10. The van der Waals surface area contributed by atoms with Crippen LogP contribution < -0.4 is 21.3 Å². The van der Waals surface area contributed by atoms with Crippen molar-refractivity contribution in [2.24, 2.45) is 0 Å². The van der Waals surface area contributed by atoms with E-state index in [1.54, 1.807) is 34.6 Å². The summed E-state index contributed by atoms with van der Waals surface area (Å²) >= 11 is 0. The highest BCUT2D eigenvalue weighted by atomic mass is 16.2. The molecule has 9 aromatic rings. The van der Waals surface area contributed by atoms with Gasteiger partial charge in [-0.15, -0.1) is 0 Å². The van der Waals surface area contributed by atoms with Gasteiger partial charge in [0.1, 0.15) is 0 Å². The van der Waals surface area contributed by atoms with Gasteiger partial charge in [-0.05, 0) is 83.9 Å². The van der Waals surface area contributed by atoms with Gasteiger partial charge in [-0.3, -0.25) is 40.2 Å². The topological polar surface area (TPSA) is 198 Å². The van der Waals surface area contributed by atoms with Crippen LogP contribution in [0, 0.1) is 0 Å². The van der Waals surface area contributed by atoms with Crippen LogP contribution in [-0.2, 0) is 33.8 Å². The van der Waals surface area contributed by atoms with Gasteiger partial charge in [-0.1, -0.05) is 72.8 Å². The molecule has 2 amide bonds. The van der Waals surface area contributed by atoms with E-state index in [9.17, 15) is 0 Å². The van der Waals surface area contributed by atoms with E-state index in [-0.39, 0.29) is 24.9 Å². The van der Waals surface area contributed by atoms with Crippen LogP contribution in [0.25, 0.3) is 22.1 Å². The summed E-state index contributed by atoms with van der Waals surface area (Å²) in [7, 11) is 0. The number of para-hydroxylation sites is 4. The lowest BCUT2D eigenvalue weighted by Crippen LogP contribution is -2.48. The Morgan fingerprint density at radius 2 is 0.797 bits per heavy atom. The molecule has 2 fully saturated rings. The molecule has 314 valence electrons. The number of amides is 2. The van der Waals surface area contributed by atoms with Crippen molar-refractivity contribution in [2.75, 3.05) is 10.6 Å². The number of imidazole rings is 2. The molecule has 11 rings (SSSR count). The number of fused-ring (bicyclic) bond motifs is 2. The lowest BCUT2D eigenvalue weighted by atomic mass is 9.89. The maximum atomic E-state index is 15.1. The summed E-state index contributed by atoms with van der Waals surface area (Å²) in [6.07, 6.45) is 5.22. The SMILES string of the molecule is O=C1N(Cc2ccc(CN3C(=O)C(c4ccccn4)(c4ccccn4)NC3Nc3nc4ccccc4[nH]3)cc2)C(Nc2nc3ccccc3[nH]2)NC1(c1ccccn1)c1ccccn1. The largest absolute Gasteiger partial charge is 0.324 e. The summed E-state index contributed by atoms with van der Waals surface area (Å²) < 4.78 is 0. The Morgan fingerprint density at radius 1 is 0.453 bits per heavy atom. The number of anilines is 2. The number of carbonyl (C=O) groups is 2. The van der Waals surface area contributed by atoms with Crippen LogP contribution in [0.4, 0.5) is 11.9 Å². The van der Waals surface area contributed by atoms with Crippen LogP contribution in [0.3, 0.4) is 0 Å². The number of aromatic amines is 2. The maximum absolute atomic E-state index is 15.1.